The molecule has 0 bridgehead atoms. The Morgan fingerprint density at radius 2 is 1.90 bits per heavy atom. The summed E-state index contributed by atoms with van der Waals surface area (Å²) in [5.74, 6) is -0.0655. The second kappa shape index (κ2) is 8.66. The molecule has 3 aromatic rings. The average molecular weight is 426 g/mol. The lowest BCUT2D eigenvalue weighted by atomic mass is 10.1. The normalized spacial score (nSPS) is 13.6. The molecule has 2 heterocycles. The summed E-state index contributed by atoms with van der Waals surface area (Å²) in [6, 6.07) is 12.2. The van der Waals surface area contributed by atoms with Crippen molar-refractivity contribution in [1.29, 1.82) is 0 Å². The molecular formula is C21H19FN4O3S. The number of likely N-dealkylation sites (tertiary alicyclic amines) is 1. The van der Waals surface area contributed by atoms with Gasteiger partial charge in [-0.25, -0.2) is 9.37 Å². The van der Waals surface area contributed by atoms with Gasteiger partial charge in [-0.15, -0.1) is 0 Å². The highest BCUT2D eigenvalue weighted by atomic mass is 32.2. The van der Waals surface area contributed by atoms with Crippen LogP contribution in [-0.4, -0.2) is 44.1 Å². The molecule has 0 spiro atoms. The van der Waals surface area contributed by atoms with Crippen LogP contribution in [-0.2, 0) is 4.79 Å². The molecule has 0 saturated carbocycles. The number of nitrogens with zero attached hydrogens (tertiary/aromatic N) is 4. The Bertz CT molecular complexity index is 1080. The fourth-order valence-corrected chi connectivity index (χ4v) is 4.34. The molecule has 9 heteroatoms. The van der Waals surface area contributed by atoms with E-state index in [2.05, 4.69) is 4.98 Å². The van der Waals surface area contributed by atoms with Crippen molar-refractivity contribution < 1.29 is 14.1 Å². The molecule has 1 aliphatic rings. The van der Waals surface area contributed by atoms with E-state index in [9.17, 15) is 19.3 Å². The van der Waals surface area contributed by atoms with Crippen molar-refractivity contribution >= 4 is 23.4 Å². The Balaban J connectivity index is 1.70. The summed E-state index contributed by atoms with van der Waals surface area (Å²) in [6.45, 7) is 1.56. The van der Waals surface area contributed by atoms with Crippen LogP contribution in [0.4, 0.5) is 10.1 Å². The zero-order valence-electron chi connectivity index (χ0n) is 16.0. The number of hydrogen-bond acceptors (Lipinski definition) is 5. The number of thioether (sulfide) groups is 1. The van der Waals surface area contributed by atoms with Gasteiger partial charge in [0.2, 0.25) is 5.91 Å². The van der Waals surface area contributed by atoms with E-state index in [0.717, 1.165) is 25.9 Å². The van der Waals surface area contributed by atoms with Gasteiger partial charge in [-0.3, -0.25) is 19.5 Å². The standard InChI is InChI=1S/C21H19FN4O3S/c22-16-6-8-17(9-7-16)25-19(15-4-3-5-18(12-15)26(28)29)13-23-21(25)30-14-20(27)24-10-1-2-11-24/h3-9,12-13H,1-2,10-11,14H2. The number of benzene rings is 2. The Morgan fingerprint density at radius 1 is 1.17 bits per heavy atom. The number of non-ortho nitro benzene ring substituents is 1. The third kappa shape index (κ3) is 4.20. The van der Waals surface area contributed by atoms with E-state index in [0.29, 0.717) is 22.1 Å². The van der Waals surface area contributed by atoms with E-state index >= 15 is 0 Å². The smallest absolute Gasteiger partial charge is 0.270 e. The lowest BCUT2D eigenvalue weighted by molar-refractivity contribution is -0.384. The second-order valence-corrected chi connectivity index (χ2v) is 7.86. The maximum absolute atomic E-state index is 13.5. The molecule has 1 aromatic heterocycles. The van der Waals surface area contributed by atoms with Crippen molar-refractivity contribution in [3.8, 4) is 16.9 Å². The highest BCUT2D eigenvalue weighted by Gasteiger charge is 2.21. The van der Waals surface area contributed by atoms with E-state index in [1.54, 1.807) is 35.0 Å². The SMILES string of the molecule is O=C(CSc1ncc(-c2cccc([N+](=O)[O-])c2)n1-c1ccc(F)cc1)N1CCCC1. The first kappa shape index (κ1) is 20.1. The van der Waals surface area contributed by atoms with Crippen LogP contribution in [0.1, 0.15) is 12.8 Å². The quantitative estimate of drug-likeness (QED) is 0.333. The number of hydrogen-bond donors (Lipinski definition) is 0. The molecule has 1 fully saturated rings. The third-order valence-corrected chi connectivity index (χ3v) is 5.89. The maximum atomic E-state index is 13.5. The molecule has 0 N–H and O–H groups in total. The van der Waals surface area contributed by atoms with E-state index in [4.69, 9.17) is 0 Å². The molecule has 7 nitrogen and oxygen atoms in total. The summed E-state index contributed by atoms with van der Waals surface area (Å²) in [5.41, 5.74) is 1.87. The van der Waals surface area contributed by atoms with Crippen molar-refractivity contribution in [1.82, 2.24) is 14.5 Å². The van der Waals surface area contributed by atoms with Crippen LogP contribution in [0.3, 0.4) is 0 Å². The molecule has 1 amide bonds. The van der Waals surface area contributed by atoms with Crippen LogP contribution in [0.5, 0.6) is 0 Å². The molecule has 1 aliphatic heterocycles. The minimum absolute atomic E-state index is 0.0298. The van der Waals surface area contributed by atoms with Crippen LogP contribution in [0.2, 0.25) is 0 Å². The van der Waals surface area contributed by atoms with Crippen LogP contribution < -0.4 is 0 Å². The predicted octanol–water partition coefficient (Wildman–Crippen LogP) is 4.30. The van der Waals surface area contributed by atoms with Gasteiger partial charge in [0.05, 0.1) is 22.6 Å². The van der Waals surface area contributed by atoms with Gasteiger partial charge in [0.15, 0.2) is 5.16 Å². The molecular weight excluding hydrogens is 407 g/mol. The van der Waals surface area contributed by atoms with E-state index in [-0.39, 0.29) is 23.2 Å². The minimum Gasteiger partial charge on any atom is -0.342 e. The number of rotatable bonds is 6. The van der Waals surface area contributed by atoms with Crippen LogP contribution in [0.15, 0.2) is 59.9 Å². The second-order valence-electron chi connectivity index (χ2n) is 6.92. The summed E-state index contributed by atoms with van der Waals surface area (Å²) in [5, 5.41) is 11.7. The fourth-order valence-electron chi connectivity index (χ4n) is 3.44. The lowest BCUT2D eigenvalue weighted by Crippen LogP contribution is -2.29. The number of carbonyl (C=O) groups excluding carboxylic acids is 1. The largest absolute Gasteiger partial charge is 0.342 e. The minimum atomic E-state index is -0.452. The molecule has 0 aliphatic carbocycles. The van der Waals surface area contributed by atoms with Gasteiger partial charge >= 0.3 is 0 Å². The molecule has 2 aromatic carbocycles. The molecule has 1 saturated heterocycles. The van der Waals surface area contributed by atoms with Gasteiger partial charge in [-0.05, 0) is 37.1 Å². The highest BCUT2D eigenvalue weighted by molar-refractivity contribution is 7.99. The highest BCUT2D eigenvalue weighted by Crippen LogP contribution is 2.31. The van der Waals surface area contributed by atoms with Crippen molar-refractivity contribution in [2.75, 3.05) is 18.8 Å². The summed E-state index contributed by atoms with van der Waals surface area (Å²) in [7, 11) is 0. The molecule has 0 atom stereocenters. The number of imidazole rings is 1. The van der Waals surface area contributed by atoms with Crippen molar-refractivity contribution in [3.63, 3.8) is 0 Å². The summed E-state index contributed by atoms with van der Waals surface area (Å²) >= 11 is 1.30. The van der Waals surface area contributed by atoms with Gasteiger partial charge < -0.3 is 4.90 Å². The molecule has 30 heavy (non-hydrogen) atoms. The Morgan fingerprint density at radius 3 is 2.60 bits per heavy atom. The van der Waals surface area contributed by atoms with Gasteiger partial charge in [0, 0.05) is 36.5 Å². The topological polar surface area (TPSA) is 81.3 Å². The molecule has 154 valence electrons. The predicted molar refractivity (Wildman–Crippen MR) is 112 cm³/mol. The van der Waals surface area contributed by atoms with Crippen molar-refractivity contribution in [2.24, 2.45) is 0 Å². The lowest BCUT2D eigenvalue weighted by Gasteiger charge is -2.15. The van der Waals surface area contributed by atoms with Crippen LogP contribution >= 0.6 is 11.8 Å². The number of halogens is 1. The van der Waals surface area contributed by atoms with Crippen molar-refractivity contribution in [3.05, 3.63) is 70.7 Å². The Kier molecular flexibility index (Phi) is 5.80. The first-order valence-electron chi connectivity index (χ1n) is 9.52. The van der Waals surface area contributed by atoms with Gasteiger partial charge in [0.25, 0.3) is 5.69 Å². The summed E-state index contributed by atoms with van der Waals surface area (Å²) < 4.78 is 15.3. The molecule has 4 rings (SSSR count). The third-order valence-electron chi connectivity index (χ3n) is 4.95. The number of aromatic nitrogens is 2. The Labute approximate surface area is 176 Å². The monoisotopic (exact) mass is 426 g/mol. The number of nitro benzene ring substituents is 1. The van der Waals surface area contributed by atoms with Gasteiger partial charge in [-0.1, -0.05) is 23.9 Å². The average Bonchev–Trinajstić information content (AvgIpc) is 3.43. The van der Waals surface area contributed by atoms with E-state index in [1.165, 1.54) is 36.0 Å². The van der Waals surface area contributed by atoms with E-state index < -0.39 is 4.92 Å². The molecule has 0 unspecified atom stereocenters. The van der Waals surface area contributed by atoms with E-state index in [1.807, 2.05) is 4.90 Å². The number of nitro groups is 1. The van der Waals surface area contributed by atoms with Gasteiger partial charge in [-0.2, -0.15) is 0 Å². The zero-order valence-corrected chi connectivity index (χ0v) is 16.8. The first-order chi connectivity index (χ1) is 14.5. The maximum Gasteiger partial charge on any atom is 0.270 e. The number of amides is 1. The van der Waals surface area contributed by atoms with Crippen molar-refractivity contribution in [2.45, 2.75) is 18.0 Å². The van der Waals surface area contributed by atoms with Crippen LogP contribution in [0.25, 0.3) is 16.9 Å². The Hall–Kier alpha value is -3.20. The molecule has 0 radical (unpaired) electrons. The first-order valence-corrected chi connectivity index (χ1v) is 10.5. The van der Waals surface area contributed by atoms with Crippen LogP contribution in [0, 0.1) is 15.9 Å². The summed E-state index contributed by atoms with van der Waals surface area (Å²) in [6.07, 6.45) is 3.67. The summed E-state index contributed by atoms with van der Waals surface area (Å²) in [4.78, 5) is 29.5. The fraction of sp³-hybridized carbons (Fsp3) is 0.238. The number of carbonyl (C=O) groups is 1. The van der Waals surface area contributed by atoms with Gasteiger partial charge in [0.1, 0.15) is 5.82 Å². The zero-order chi connectivity index (χ0) is 21.1.